The Balaban J connectivity index is 2.01. The molecule has 8 heteroatoms. The molecule has 0 atom stereocenters. The number of hydrogen-bond donors (Lipinski definition) is 2. The lowest BCUT2D eigenvalue weighted by Crippen LogP contribution is -2.50. The number of carbonyl (C=O) groups excluding carboxylic acids is 2. The molecule has 120 valence electrons. The number of benzene rings is 1. The second-order valence-electron chi connectivity index (χ2n) is 4.99. The average Bonchev–Trinajstić information content (AvgIpc) is 2.47. The average molecular weight is 315 g/mol. The molecule has 1 aliphatic heterocycles. The van der Waals surface area contributed by atoms with Crippen LogP contribution in [0.1, 0.15) is 35.2 Å². The van der Waals surface area contributed by atoms with E-state index in [2.05, 4.69) is 5.43 Å². The standard InChI is InChI=1S/C14H16F3N3O2/c15-14(16,17)11-7-3-2-6-10(11)12(21)18-13(22)19-20-8-4-1-5-9-20/h2-3,6-7H,1,4-5,8-9H2,(H2,18,19,21,22). The number of halogens is 3. The van der Waals surface area contributed by atoms with Crippen LogP contribution in [0.4, 0.5) is 18.0 Å². The smallest absolute Gasteiger partial charge is 0.273 e. The minimum Gasteiger partial charge on any atom is -0.273 e. The highest BCUT2D eigenvalue weighted by molar-refractivity contribution is 6.05. The molecule has 0 saturated carbocycles. The van der Waals surface area contributed by atoms with Gasteiger partial charge in [0, 0.05) is 13.1 Å². The van der Waals surface area contributed by atoms with E-state index in [0.717, 1.165) is 31.4 Å². The second-order valence-corrected chi connectivity index (χ2v) is 4.99. The SMILES string of the molecule is O=C(NC(=O)c1ccccc1C(F)(F)F)NN1CCCCC1. The Morgan fingerprint density at radius 2 is 1.68 bits per heavy atom. The van der Waals surface area contributed by atoms with E-state index in [-0.39, 0.29) is 0 Å². The molecule has 5 nitrogen and oxygen atoms in total. The van der Waals surface area contributed by atoms with Crippen molar-refractivity contribution in [1.29, 1.82) is 0 Å². The maximum Gasteiger partial charge on any atom is 0.417 e. The maximum absolute atomic E-state index is 12.8. The van der Waals surface area contributed by atoms with E-state index in [9.17, 15) is 22.8 Å². The highest BCUT2D eigenvalue weighted by Gasteiger charge is 2.35. The van der Waals surface area contributed by atoms with Crippen LogP contribution in [0.5, 0.6) is 0 Å². The van der Waals surface area contributed by atoms with Crippen molar-refractivity contribution in [2.75, 3.05) is 13.1 Å². The zero-order chi connectivity index (χ0) is 16.2. The largest absolute Gasteiger partial charge is 0.417 e. The number of nitrogens with zero attached hydrogens (tertiary/aromatic N) is 1. The molecule has 1 aromatic carbocycles. The van der Waals surface area contributed by atoms with Crippen LogP contribution >= 0.6 is 0 Å². The Kier molecular flexibility index (Phi) is 5.02. The van der Waals surface area contributed by atoms with Crippen LogP contribution in [0.3, 0.4) is 0 Å². The summed E-state index contributed by atoms with van der Waals surface area (Å²) in [5, 5.41) is 3.57. The first kappa shape index (κ1) is 16.3. The Morgan fingerprint density at radius 1 is 1.05 bits per heavy atom. The van der Waals surface area contributed by atoms with Gasteiger partial charge in [-0.1, -0.05) is 18.6 Å². The fraction of sp³-hybridized carbons (Fsp3) is 0.429. The normalized spacial score (nSPS) is 16.1. The summed E-state index contributed by atoms with van der Waals surface area (Å²) in [6.07, 6.45) is -1.74. The Bertz CT molecular complexity index is 555. The van der Waals surface area contributed by atoms with Gasteiger partial charge in [-0.2, -0.15) is 13.2 Å². The molecular weight excluding hydrogens is 299 g/mol. The molecule has 1 fully saturated rings. The molecule has 0 unspecified atom stereocenters. The van der Waals surface area contributed by atoms with E-state index >= 15 is 0 Å². The van der Waals surface area contributed by atoms with Gasteiger partial charge in [0.05, 0.1) is 11.1 Å². The molecule has 0 aromatic heterocycles. The molecular formula is C14H16F3N3O2. The van der Waals surface area contributed by atoms with Crippen molar-refractivity contribution in [3.05, 3.63) is 35.4 Å². The number of urea groups is 1. The van der Waals surface area contributed by atoms with Crippen molar-refractivity contribution in [3.63, 3.8) is 0 Å². The third-order valence-electron chi connectivity index (χ3n) is 3.32. The van der Waals surface area contributed by atoms with E-state index in [1.54, 1.807) is 5.01 Å². The van der Waals surface area contributed by atoms with Gasteiger partial charge in [0.2, 0.25) is 0 Å². The summed E-state index contributed by atoms with van der Waals surface area (Å²) in [6.45, 7) is 1.31. The van der Waals surface area contributed by atoms with E-state index in [1.165, 1.54) is 12.1 Å². The summed E-state index contributed by atoms with van der Waals surface area (Å²) in [5.74, 6) is -1.08. The monoisotopic (exact) mass is 315 g/mol. The first-order valence-electron chi connectivity index (χ1n) is 6.91. The number of alkyl halides is 3. The van der Waals surface area contributed by atoms with Crippen LogP contribution in [0.2, 0.25) is 0 Å². The number of hydrazine groups is 1. The van der Waals surface area contributed by atoms with Crippen molar-refractivity contribution >= 4 is 11.9 Å². The lowest BCUT2D eigenvalue weighted by molar-refractivity contribution is -0.137. The van der Waals surface area contributed by atoms with Gasteiger partial charge in [-0.15, -0.1) is 0 Å². The van der Waals surface area contributed by atoms with Gasteiger partial charge in [-0.3, -0.25) is 15.5 Å². The molecule has 0 spiro atoms. The number of nitrogens with one attached hydrogen (secondary N) is 2. The molecule has 2 N–H and O–H groups in total. The van der Waals surface area contributed by atoms with Gasteiger partial charge in [-0.25, -0.2) is 9.80 Å². The minimum absolute atomic E-state index is 0.580. The number of carbonyl (C=O) groups is 2. The van der Waals surface area contributed by atoms with Crippen LogP contribution in [-0.2, 0) is 6.18 Å². The number of rotatable bonds is 2. The Morgan fingerprint density at radius 3 is 2.32 bits per heavy atom. The number of piperidine rings is 1. The summed E-state index contributed by atoms with van der Waals surface area (Å²) in [4.78, 5) is 23.6. The van der Waals surface area contributed by atoms with Gasteiger partial charge < -0.3 is 0 Å². The van der Waals surface area contributed by atoms with Gasteiger partial charge >= 0.3 is 12.2 Å². The topological polar surface area (TPSA) is 61.4 Å². The quantitative estimate of drug-likeness (QED) is 0.882. The molecule has 0 radical (unpaired) electrons. The van der Waals surface area contributed by atoms with Gasteiger partial charge in [-0.05, 0) is 25.0 Å². The van der Waals surface area contributed by atoms with Crippen LogP contribution < -0.4 is 10.7 Å². The fourth-order valence-corrected chi connectivity index (χ4v) is 2.28. The molecule has 1 heterocycles. The van der Waals surface area contributed by atoms with Gasteiger partial charge in [0.25, 0.3) is 5.91 Å². The summed E-state index contributed by atoms with van der Waals surface area (Å²) >= 11 is 0. The first-order chi connectivity index (χ1) is 10.4. The van der Waals surface area contributed by atoms with Crippen molar-refractivity contribution in [1.82, 2.24) is 15.8 Å². The third-order valence-corrected chi connectivity index (χ3v) is 3.32. The Hall–Kier alpha value is -2.09. The van der Waals surface area contributed by atoms with Crippen LogP contribution in [-0.4, -0.2) is 30.0 Å². The van der Waals surface area contributed by atoms with Crippen molar-refractivity contribution in [3.8, 4) is 0 Å². The third kappa shape index (κ3) is 4.20. The highest BCUT2D eigenvalue weighted by atomic mass is 19.4. The van der Waals surface area contributed by atoms with E-state index in [0.29, 0.717) is 13.1 Å². The number of hydrogen-bond acceptors (Lipinski definition) is 3. The van der Waals surface area contributed by atoms with Crippen molar-refractivity contribution < 1.29 is 22.8 Å². The van der Waals surface area contributed by atoms with Gasteiger partial charge in [0.15, 0.2) is 0 Å². The van der Waals surface area contributed by atoms with Crippen LogP contribution in [0, 0.1) is 0 Å². The molecule has 3 amide bonds. The molecule has 1 aliphatic rings. The Labute approximate surface area is 125 Å². The summed E-state index contributed by atoms with van der Waals surface area (Å²) in [7, 11) is 0. The van der Waals surface area contributed by atoms with E-state index in [1.807, 2.05) is 5.32 Å². The zero-order valence-electron chi connectivity index (χ0n) is 11.7. The van der Waals surface area contributed by atoms with E-state index < -0.39 is 29.2 Å². The maximum atomic E-state index is 12.8. The molecule has 1 saturated heterocycles. The molecule has 0 aliphatic carbocycles. The highest BCUT2D eigenvalue weighted by Crippen LogP contribution is 2.31. The lowest BCUT2D eigenvalue weighted by atomic mass is 10.1. The predicted octanol–water partition coefficient (Wildman–Crippen LogP) is 2.55. The van der Waals surface area contributed by atoms with Crippen LogP contribution in [0.25, 0.3) is 0 Å². The zero-order valence-corrected chi connectivity index (χ0v) is 11.7. The molecule has 0 bridgehead atoms. The van der Waals surface area contributed by atoms with E-state index in [4.69, 9.17) is 0 Å². The number of imide groups is 1. The first-order valence-corrected chi connectivity index (χ1v) is 6.91. The molecule has 1 aromatic rings. The van der Waals surface area contributed by atoms with Crippen LogP contribution in [0.15, 0.2) is 24.3 Å². The second kappa shape index (κ2) is 6.78. The van der Waals surface area contributed by atoms with Crippen molar-refractivity contribution in [2.24, 2.45) is 0 Å². The molecule has 2 rings (SSSR count). The summed E-state index contributed by atoms with van der Waals surface area (Å²) < 4.78 is 38.5. The van der Waals surface area contributed by atoms with Gasteiger partial charge in [0.1, 0.15) is 0 Å². The minimum atomic E-state index is -4.66. The predicted molar refractivity (Wildman–Crippen MR) is 72.9 cm³/mol. The van der Waals surface area contributed by atoms with Crippen molar-refractivity contribution in [2.45, 2.75) is 25.4 Å². The lowest BCUT2D eigenvalue weighted by Gasteiger charge is -2.26. The summed E-state index contributed by atoms with van der Waals surface area (Å²) in [6, 6.07) is 3.51. The number of amides is 3. The fourth-order valence-electron chi connectivity index (χ4n) is 2.28. The summed E-state index contributed by atoms with van der Waals surface area (Å²) in [5.41, 5.74) is 0.808. The molecule has 22 heavy (non-hydrogen) atoms.